The van der Waals surface area contributed by atoms with E-state index in [1.807, 2.05) is 0 Å². The summed E-state index contributed by atoms with van der Waals surface area (Å²) in [6.45, 7) is 0. The van der Waals surface area contributed by atoms with Gasteiger partial charge in [-0.15, -0.1) is 0 Å². The van der Waals surface area contributed by atoms with Crippen LogP contribution in [0.25, 0.3) is 0 Å². The van der Waals surface area contributed by atoms with Crippen molar-refractivity contribution in [2.75, 3.05) is 0 Å². The first-order chi connectivity index (χ1) is 11.2. The third kappa shape index (κ3) is 13.6. The van der Waals surface area contributed by atoms with Crippen molar-refractivity contribution < 1.29 is 39.6 Å². The Labute approximate surface area is 161 Å². The van der Waals surface area contributed by atoms with Crippen molar-refractivity contribution in [3.8, 4) is 0 Å². The first-order valence-electron chi connectivity index (χ1n) is 8.09. The Hall–Kier alpha value is -1.35. The molecule has 4 aliphatic rings. The Morgan fingerprint density at radius 1 is 0.560 bits per heavy atom. The van der Waals surface area contributed by atoms with Crippen molar-refractivity contribution in [2.45, 2.75) is 51.4 Å². The second kappa shape index (κ2) is 11.3. The third-order valence-corrected chi connectivity index (χ3v) is 3.67. The molecular formula is C16H22MgO8. The fourth-order valence-corrected chi connectivity index (χ4v) is 1.30. The fraction of sp³-hybridized carbons (Fsp3) is 0.750. The van der Waals surface area contributed by atoms with E-state index in [0.29, 0.717) is 0 Å². The second-order valence-corrected chi connectivity index (χ2v) is 6.41. The molecule has 0 heterocycles. The Kier molecular flexibility index (Phi) is 10.7. The zero-order valence-corrected chi connectivity index (χ0v) is 15.4. The Balaban J connectivity index is 0.000000303. The minimum atomic E-state index is -0.880. The van der Waals surface area contributed by atoms with E-state index in [1.165, 1.54) is 0 Å². The number of hydrogen-bond donors (Lipinski definition) is 2. The molecule has 8 nitrogen and oxygen atoms in total. The molecule has 0 amide bonds. The van der Waals surface area contributed by atoms with Crippen molar-refractivity contribution in [1.82, 2.24) is 0 Å². The molecule has 0 aromatic carbocycles. The van der Waals surface area contributed by atoms with Crippen LogP contribution >= 0.6 is 0 Å². The molecule has 0 spiro atoms. The van der Waals surface area contributed by atoms with E-state index in [4.69, 9.17) is 10.2 Å². The molecule has 2 N–H and O–H groups in total. The summed E-state index contributed by atoms with van der Waals surface area (Å²) in [4.78, 5) is 38.8. The van der Waals surface area contributed by atoms with Crippen LogP contribution in [0, 0.1) is 23.7 Å². The fourth-order valence-electron chi connectivity index (χ4n) is 1.30. The van der Waals surface area contributed by atoms with Gasteiger partial charge in [-0.1, -0.05) is 0 Å². The summed E-state index contributed by atoms with van der Waals surface area (Å²) in [5.74, 6) is -3.17. The van der Waals surface area contributed by atoms with Gasteiger partial charge in [0.25, 0.3) is 0 Å². The van der Waals surface area contributed by atoms with Crippen LogP contribution in [0.2, 0.25) is 0 Å². The number of hydrogen-bond acceptors (Lipinski definition) is 6. The van der Waals surface area contributed by atoms with Crippen molar-refractivity contribution in [3.63, 3.8) is 0 Å². The number of carboxylic acid groups (broad SMARTS) is 4. The van der Waals surface area contributed by atoms with E-state index in [0.717, 1.165) is 51.4 Å². The van der Waals surface area contributed by atoms with Crippen LogP contribution in [0.5, 0.6) is 0 Å². The van der Waals surface area contributed by atoms with Gasteiger partial charge in [0, 0.05) is 11.9 Å². The van der Waals surface area contributed by atoms with Gasteiger partial charge in [-0.05, 0) is 63.2 Å². The molecule has 4 rings (SSSR count). The van der Waals surface area contributed by atoms with Gasteiger partial charge in [0.2, 0.25) is 0 Å². The van der Waals surface area contributed by atoms with Gasteiger partial charge < -0.3 is 30.0 Å². The summed E-state index contributed by atoms with van der Waals surface area (Å²) in [5.41, 5.74) is 0. The van der Waals surface area contributed by atoms with Crippen LogP contribution in [-0.4, -0.2) is 57.1 Å². The minimum Gasteiger partial charge on any atom is -0.550 e. The van der Waals surface area contributed by atoms with E-state index in [2.05, 4.69) is 0 Å². The molecule has 0 radical (unpaired) electrons. The zero-order valence-electron chi connectivity index (χ0n) is 14.0. The maximum absolute atomic E-state index is 9.76. The first kappa shape index (κ1) is 23.6. The molecule has 0 saturated heterocycles. The summed E-state index contributed by atoms with van der Waals surface area (Å²) in [6.07, 6.45) is 6.94. The molecule has 25 heavy (non-hydrogen) atoms. The number of carboxylic acids is 4. The van der Waals surface area contributed by atoms with Crippen LogP contribution in [0.3, 0.4) is 0 Å². The summed E-state index contributed by atoms with van der Waals surface area (Å²) in [7, 11) is 0. The predicted octanol–water partition coefficient (Wildman–Crippen LogP) is -1.13. The maximum Gasteiger partial charge on any atom is 2.00 e. The summed E-state index contributed by atoms with van der Waals surface area (Å²) in [6, 6.07) is 0. The van der Waals surface area contributed by atoms with Gasteiger partial charge in [-0.2, -0.15) is 0 Å². The van der Waals surface area contributed by atoms with Gasteiger partial charge >= 0.3 is 35.0 Å². The van der Waals surface area contributed by atoms with E-state index in [9.17, 15) is 29.4 Å². The van der Waals surface area contributed by atoms with Gasteiger partial charge in [0.05, 0.1) is 11.8 Å². The third-order valence-electron chi connectivity index (χ3n) is 3.67. The van der Waals surface area contributed by atoms with Crippen LogP contribution in [-0.2, 0) is 19.2 Å². The number of rotatable bonds is 4. The first-order valence-corrected chi connectivity index (χ1v) is 8.09. The van der Waals surface area contributed by atoms with E-state index in [-0.39, 0.29) is 46.7 Å². The smallest absolute Gasteiger partial charge is 0.550 e. The number of carbonyl (C=O) groups excluding carboxylic acids is 2. The van der Waals surface area contributed by atoms with Gasteiger partial charge in [-0.25, -0.2) is 0 Å². The quantitative estimate of drug-likeness (QED) is 0.592. The minimum absolute atomic E-state index is 0. The normalized spacial score (nSPS) is 19.8. The molecule has 0 aliphatic heterocycles. The SMILES string of the molecule is O=C(O)C1CC1.O=C(O)C1CC1.O=C([O-])C1CC1.O=C([O-])C1CC1.[Mg+2]. The number of aliphatic carboxylic acids is 4. The molecule has 0 bridgehead atoms. The van der Waals surface area contributed by atoms with Crippen molar-refractivity contribution in [3.05, 3.63) is 0 Å². The number of carbonyl (C=O) groups is 4. The Morgan fingerprint density at radius 2 is 0.760 bits per heavy atom. The largest absolute Gasteiger partial charge is 2.00 e. The van der Waals surface area contributed by atoms with Crippen molar-refractivity contribution >= 4 is 46.9 Å². The van der Waals surface area contributed by atoms with Crippen molar-refractivity contribution in [1.29, 1.82) is 0 Å². The second-order valence-electron chi connectivity index (χ2n) is 6.41. The molecule has 4 saturated carbocycles. The Bertz CT molecular complexity index is 389. The zero-order chi connectivity index (χ0) is 18.3. The summed E-state index contributed by atoms with van der Waals surface area (Å²) in [5, 5.41) is 35.4. The van der Waals surface area contributed by atoms with Crippen molar-refractivity contribution in [2.24, 2.45) is 23.7 Å². The van der Waals surface area contributed by atoms with E-state index >= 15 is 0 Å². The van der Waals surface area contributed by atoms with Gasteiger partial charge in [-0.3, -0.25) is 9.59 Å². The predicted molar refractivity (Wildman–Crippen MR) is 81.9 cm³/mol. The molecule has 4 aliphatic carbocycles. The molecule has 4 fully saturated rings. The molecule has 0 atom stereocenters. The molecule has 136 valence electrons. The van der Waals surface area contributed by atoms with Crippen LogP contribution < -0.4 is 10.2 Å². The van der Waals surface area contributed by atoms with Crippen LogP contribution in [0.15, 0.2) is 0 Å². The molecule has 0 aromatic rings. The van der Waals surface area contributed by atoms with Gasteiger partial charge in [0.15, 0.2) is 0 Å². The molecular weight excluding hydrogens is 344 g/mol. The van der Waals surface area contributed by atoms with Gasteiger partial charge in [0.1, 0.15) is 0 Å². The standard InChI is InChI=1S/4C4H6O2.Mg/c4*5-4(6)3-1-2-3;/h4*3H,1-2H2,(H,5,6);/q;;;;+2/p-2. The van der Waals surface area contributed by atoms with Crippen LogP contribution in [0.1, 0.15) is 51.4 Å². The molecule has 0 aromatic heterocycles. The molecule has 0 unspecified atom stereocenters. The Morgan fingerprint density at radius 3 is 0.760 bits per heavy atom. The van der Waals surface area contributed by atoms with E-state index in [1.54, 1.807) is 0 Å². The average Bonchev–Trinajstić information content (AvgIpc) is 3.42. The average molecular weight is 367 g/mol. The topological polar surface area (TPSA) is 155 Å². The summed E-state index contributed by atoms with van der Waals surface area (Å²) < 4.78 is 0. The monoisotopic (exact) mass is 366 g/mol. The van der Waals surface area contributed by atoms with Crippen LogP contribution in [0.4, 0.5) is 0 Å². The molecule has 9 heteroatoms. The summed E-state index contributed by atoms with van der Waals surface area (Å²) >= 11 is 0. The maximum atomic E-state index is 9.76. The van der Waals surface area contributed by atoms with E-state index < -0.39 is 23.9 Å².